The van der Waals surface area contributed by atoms with Gasteiger partial charge in [0.1, 0.15) is 6.04 Å². The quantitative estimate of drug-likeness (QED) is 0.797. The average Bonchev–Trinajstić information content (AvgIpc) is 2.76. The number of nitrogens with one attached hydrogen (secondary N) is 2. The van der Waals surface area contributed by atoms with E-state index in [0.717, 1.165) is 49.5 Å². The molecule has 0 unspecified atom stereocenters. The van der Waals surface area contributed by atoms with E-state index in [4.69, 9.17) is 0 Å². The van der Waals surface area contributed by atoms with Crippen molar-refractivity contribution in [1.29, 1.82) is 0 Å². The Morgan fingerprint density at radius 2 is 1.84 bits per heavy atom. The van der Waals surface area contributed by atoms with Gasteiger partial charge in [-0.3, -0.25) is 19.8 Å². The van der Waals surface area contributed by atoms with Gasteiger partial charge in [0.05, 0.1) is 6.42 Å². The number of guanidine groups is 1. The van der Waals surface area contributed by atoms with Crippen molar-refractivity contribution < 1.29 is 9.59 Å². The van der Waals surface area contributed by atoms with Crippen LogP contribution in [0.25, 0.3) is 0 Å². The molecule has 7 heteroatoms. The number of piperazine rings is 1. The Hall–Kier alpha value is -3.19. The summed E-state index contributed by atoms with van der Waals surface area (Å²) in [4.78, 5) is 34.1. The fourth-order valence-electron chi connectivity index (χ4n) is 4.02. The molecule has 2 aromatic rings. The second-order valence-electron chi connectivity index (χ2n) is 8.28. The zero-order chi connectivity index (χ0) is 21.8. The van der Waals surface area contributed by atoms with Gasteiger partial charge < -0.3 is 10.2 Å². The number of aliphatic imine (C=N–C) groups is 1. The summed E-state index contributed by atoms with van der Waals surface area (Å²) in [5.74, 6) is 0.0934. The molecule has 2 N–H and O–H groups in total. The lowest BCUT2D eigenvalue weighted by molar-refractivity contribution is -0.125. The third kappa shape index (κ3) is 5.30. The van der Waals surface area contributed by atoms with E-state index in [9.17, 15) is 9.59 Å². The molecule has 162 valence electrons. The van der Waals surface area contributed by atoms with E-state index in [-0.39, 0.29) is 18.2 Å². The SMILES string of the molecule is Cc1ccc(NC(=O)[C@@H]2CC(=O)NC(N3CCN(Cc4ccccc4)CC3)=N2)c(C)c1. The van der Waals surface area contributed by atoms with Crippen LogP contribution in [0.1, 0.15) is 23.1 Å². The molecule has 0 saturated carbocycles. The molecule has 0 aromatic heterocycles. The van der Waals surface area contributed by atoms with Gasteiger partial charge >= 0.3 is 0 Å². The van der Waals surface area contributed by atoms with Crippen LogP contribution in [-0.4, -0.2) is 59.8 Å². The van der Waals surface area contributed by atoms with E-state index in [0.29, 0.717) is 5.96 Å². The Morgan fingerprint density at radius 1 is 1.10 bits per heavy atom. The van der Waals surface area contributed by atoms with E-state index in [2.05, 4.69) is 49.7 Å². The lowest BCUT2D eigenvalue weighted by atomic mass is 10.1. The van der Waals surface area contributed by atoms with Crippen molar-refractivity contribution >= 4 is 23.5 Å². The number of hydrogen-bond acceptors (Lipinski definition) is 5. The predicted octanol–water partition coefficient (Wildman–Crippen LogP) is 2.30. The van der Waals surface area contributed by atoms with E-state index in [1.165, 1.54) is 5.56 Å². The van der Waals surface area contributed by atoms with Crippen molar-refractivity contribution in [2.45, 2.75) is 32.9 Å². The summed E-state index contributed by atoms with van der Waals surface area (Å²) in [6.07, 6.45) is 0.0637. The Bertz CT molecular complexity index is 981. The first-order valence-corrected chi connectivity index (χ1v) is 10.7. The molecule has 0 radical (unpaired) electrons. The van der Waals surface area contributed by atoms with Gasteiger partial charge in [0, 0.05) is 38.4 Å². The molecule has 2 amide bonds. The lowest BCUT2D eigenvalue weighted by Crippen LogP contribution is -2.56. The smallest absolute Gasteiger partial charge is 0.249 e. The van der Waals surface area contributed by atoms with Crippen LogP contribution in [0.2, 0.25) is 0 Å². The fourth-order valence-corrected chi connectivity index (χ4v) is 4.02. The largest absolute Gasteiger partial charge is 0.340 e. The predicted molar refractivity (Wildman–Crippen MR) is 122 cm³/mol. The molecule has 4 rings (SSSR count). The van der Waals surface area contributed by atoms with Crippen LogP contribution in [0.15, 0.2) is 53.5 Å². The third-order valence-corrected chi connectivity index (χ3v) is 5.77. The first kappa shape index (κ1) is 21.1. The van der Waals surface area contributed by atoms with Crippen molar-refractivity contribution in [3.63, 3.8) is 0 Å². The molecular formula is C24H29N5O2. The number of amides is 2. The minimum Gasteiger partial charge on any atom is -0.340 e. The van der Waals surface area contributed by atoms with Crippen molar-refractivity contribution in [2.24, 2.45) is 4.99 Å². The number of nitrogens with zero attached hydrogens (tertiary/aromatic N) is 3. The number of hydrogen-bond donors (Lipinski definition) is 2. The van der Waals surface area contributed by atoms with Crippen LogP contribution >= 0.6 is 0 Å². The Labute approximate surface area is 183 Å². The van der Waals surface area contributed by atoms with E-state index in [1.807, 2.05) is 38.1 Å². The van der Waals surface area contributed by atoms with Crippen LogP contribution < -0.4 is 10.6 Å². The lowest BCUT2D eigenvalue weighted by Gasteiger charge is -2.37. The van der Waals surface area contributed by atoms with E-state index < -0.39 is 6.04 Å². The summed E-state index contributed by atoms with van der Waals surface area (Å²) in [7, 11) is 0. The minimum absolute atomic E-state index is 0.0637. The minimum atomic E-state index is -0.716. The number of benzene rings is 2. The molecule has 1 atom stereocenters. The Balaban J connectivity index is 1.38. The van der Waals surface area contributed by atoms with Gasteiger partial charge in [0.25, 0.3) is 0 Å². The first-order valence-electron chi connectivity index (χ1n) is 10.7. The van der Waals surface area contributed by atoms with Gasteiger partial charge in [0.2, 0.25) is 17.8 Å². The van der Waals surface area contributed by atoms with Crippen LogP contribution in [-0.2, 0) is 16.1 Å². The van der Waals surface area contributed by atoms with Gasteiger partial charge in [-0.05, 0) is 31.0 Å². The van der Waals surface area contributed by atoms with Crippen LogP contribution in [0.4, 0.5) is 5.69 Å². The molecule has 2 heterocycles. The Morgan fingerprint density at radius 3 is 2.55 bits per heavy atom. The summed E-state index contributed by atoms with van der Waals surface area (Å²) in [6.45, 7) is 8.16. The summed E-state index contributed by atoms with van der Waals surface area (Å²) in [5, 5.41) is 5.79. The summed E-state index contributed by atoms with van der Waals surface area (Å²) >= 11 is 0. The normalized spacial score (nSPS) is 19.5. The molecule has 1 fully saturated rings. The number of carbonyl (C=O) groups excluding carboxylic acids is 2. The Kier molecular flexibility index (Phi) is 6.32. The number of carbonyl (C=O) groups is 2. The summed E-state index contributed by atoms with van der Waals surface area (Å²) < 4.78 is 0. The third-order valence-electron chi connectivity index (χ3n) is 5.77. The maximum Gasteiger partial charge on any atom is 0.249 e. The summed E-state index contributed by atoms with van der Waals surface area (Å²) in [5.41, 5.74) is 4.18. The number of aryl methyl sites for hydroxylation is 2. The number of anilines is 1. The van der Waals surface area contributed by atoms with Gasteiger partial charge in [-0.1, -0.05) is 48.0 Å². The van der Waals surface area contributed by atoms with Crippen molar-refractivity contribution in [2.75, 3.05) is 31.5 Å². The van der Waals surface area contributed by atoms with Gasteiger partial charge in [-0.25, -0.2) is 4.99 Å². The molecule has 31 heavy (non-hydrogen) atoms. The zero-order valence-electron chi connectivity index (χ0n) is 18.1. The zero-order valence-corrected chi connectivity index (χ0v) is 18.1. The molecule has 1 saturated heterocycles. The summed E-state index contributed by atoms with van der Waals surface area (Å²) in [6, 6.07) is 15.6. The molecule has 2 aromatic carbocycles. The van der Waals surface area contributed by atoms with Crippen molar-refractivity contribution in [1.82, 2.24) is 15.1 Å². The van der Waals surface area contributed by atoms with Gasteiger partial charge in [0.15, 0.2) is 0 Å². The van der Waals surface area contributed by atoms with Gasteiger partial charge in [-0.2, -0.15) is 0 Å². The van der Waals surface area contributed by atoms with E-state index >= 15 is 0 Å². The maximum absolute atomic E-state index is 12.8. The first-order chi connectivity index (χ1) is 15.0. The van der Waals surface area contributed by atoms with Crippen LogP contribution in [0, 0.1) is 13.8 Å². The molecule has 0 spiro atoms. The molecule has 0 bridgehead atoms. The molecule has 0 aliphatic carbocycles. The number of rotatable bonds is 4. The highest BCUT2D eigenvalue weighted by Gasteiger charge is 2.30. The molecule has 2 aliphatic rings. The monoisotopic (exact) mass is 419 g/mol. The highest BCUT2D eigenvalue weighted by molar-refractivity contribution is 6.06. The van der Waals surface area contributed by atoms with Crippen LogP contribution in [0.3, 0.4) is 0 Å². The van der Waals surface area contributed by atoms with Crippen LogP contribution in [0.5, 0.6) is 0 Å². The topological polar surface area (TPSA) is 77.0 Å². The fraction of sp³-hybridized carbons (Fsp3) is 0.375. The van der Waals surface area contributed by atoms with Gasteiger partial charge in [-0.15, -0.1) is 0 Å². The molecule has 2 aliphatic heterocycles. The standard InChI is InChI=1S/C24H29N5O2/c1-17-8-9-20(18(2)14-17)25-23(31)21-15-22(30)27-24(26-21)29-12-10-28(11-13-29)16-19-6-4-3-5-7-19/h3-9,14,21H,10-13,15-16H2,1-2H3,(H,25,31)(H,26,27,30)/t21-/m0/s1. The second kappa shape index (κ2) is 9.31. The highest BCUT2D eigenvalue weighted by atomic mass is 16.2. The average molecular weight is 420 g/mol. The molecular weight excluding hydrogens is 390 g/mol. The highest BCUT2D eigenvalue weighted by Crippen LogP contribution is 2.18. The maximum atomic E-state index is 12.8. The second-order valence-corrected chi connectivity index (χ2v) is 8.28. The van der Waals surface area contributed by atoms with E-state index in [1.54, 1.807) is 0 Å². The van der Waals surface area contributed by atoms with Crippen molar-refractivity contribution in [3.8, 4) is 0 Å². The van der Waals surface area contributed by atoms with Crippen molar-refractivity contribution in [3.05, 3.63) is 65.2 Å². The molecule has 7 nitrogen and oxygen atoms in total.